The van der Waals surface area contributed by atoms with Gasteiger partial charge in [0.1, 0.15) is 12.2 Å². The summed E-state index contributed by atoms with van der Waals surface area (Å²) in [5.74, 6) is 1.11. The normalized spacial score (nSPS) is 10.4. The first-order valence-electron chi connectivity index (χ1n) is 5.86. The van der Waals surface area contributed by atoms with Gasteiger partial charge in [-0.15, -0.1) is 0 Å². The molecule has 8 nitrogen and oxygen atoms in total. The van der Waals surface area contributed by atoms with Crippen LogP contribution in [0.1, 0.15) is 17.8 Å². The monoisotopic (exact) mass is 262 g/mol. The van der Waals surface area contributed by atoms with Gasteiger partial charge < -0.3 is 5.32 Å². The Labute approximate surface area is 109 Å². The first-order chi connectivity index (χ1) is 9.18. The zero-order valence-corrected chi connectivity index (χ0v) is 10.5. The number of aromatic amines is 1. The van der Waals surface area contributed by atoms with Crippen LogP contribution >= 0.6 is 0 Å². The highest BCUT2D eigenvalue weighted by atomic mass is 16.6. The number of H-pyrrole nitrogens is 1. The van der Waals surface area contributed by atoms with E-state index in [1.165, 1.54) is 6.33 Å². The standard InChI is InChI=1S/C11H14N6O2/c1-8-4-6-13-11(10(8)17(18)19)12-5-2-3-9-14-7-15-16-9/h4,6-7H,2-3,5H2,1H3,(H,12,13)(H,14,15,16). The lowest BCUT2D eigenvalue weighted by atomic mass is 10.2. The van der Waals surface area contributed by atoms with Crippen molar-refractivity contribution in [2.45, 2.75) is 19.8 Å². The Morgan fingerprint density at radius 3 is 3.00 bits per heavy atom. The van der Waals surface area contributed by atoms with Gasteiger partial charge in [-0.1, -0.05) is 0 Å². The molecule has 0 spiro atoms. The number of hydrogen-bond donors (Lipinski definition) is 2. The van der Waals surface area contributed by atoms with Crippen molar-refractivity contribution in [2.24, 2.45) is 0 Å². The smallest absolute Gasteiger partial charge is 0.314 e. The molecule has 0 saturated heterocycles. The summed E-state index contributed by atoms with van der Waals surface area (Å²) in [6, 6.07) is 1.62. The topological polar surface area (TPSA) is 110 Å². The highest BCUT2D eigenvalue weighted by Crippen LogP contribution is 2.25. The van der Waals surface area contributed by atoms with Crippen LogP contribution in [0.15, 0.2) is 18.6 Å². The van der Waals surface area contributed by atoms with Gasteiger partial charge in [-0.25, -0.2) is 9.97 Å². The van der Waals surface area contributed by atoms with Crippen LogP contribution < -0.4 is 5.32 Å². The highest BCUT2D eigenvalue weighted by molar-refractivity contribution is 5.59. The zero-order valence-electron chi connectivity index (χ0n) is 10.5. The summed E-state index contributed by atoms with van der Waals surface area (Å²) in [7, 11) is 0. The third kappa shape index (κ3) is 3.24. The molecule has 0 bridgehead atoms. The molecule has 0 amide bonds. The van der Waals surface area contributed by atoms with Crippen LogP contribution in [0.25, 0.3) is 0 Å². The quantitative estimate of drug-likeness (QED) is 0.463. The molecular weight excluding hydrogens is 248 g/mol. The fourth-order valence-electron chi connectivity index (χ4n) is 1.72. The molecule has 0 aromatic carbocycles. The Balaban J connectivity index is 1.92. The fraction of sp³-hybridized carbons (Fsp3) is 0.364. The van der Waals surface area contributed by atoms with Crippen LogP contribution in [0.2, 0.25) is 0 Å². The van der Waals surface area contributed by atoms with E-state index in [0.717, 1.165) is 18.7 Å². The molecule has 0 saturated carbocycles. The molecular formula is C11H14N6O2. The van der Waals surface area contributed by atoms with Crippen LogP contribution in [0.5, 0.6) is 0 Å². The van der Waals surface area contributed by atoms with Crippen LogP contribution in [0.4, 0.5) is 11.5 Å². The van der Waals surface area contributed by atoms with Crippen LogP contribution in [-0.2, 0) is 6.42 Å². The van der Waals surface area contributed by atoms with Crippen molar-refractivity contribution in [1.82, 2.24) is 20.2 Å². The Bertz CT molecular complexity index is 554. The average molecular weight is 262 g/mol. The summed E-state index contributed by atoms with van der Waals surface area (Å²) in [6.07, 6.45) is 4.52. The minimum Gasteiger partial charge on any atom is -0.364 e. The van der Waals surface area contributed by atoms with E-state index >= 15 is 0 Å². The van der Waals surface area contributed by atoms with Crippen LogP contribution in [-0.4, -0.2) is 31.6 Å². The van der Waals surface area contributed by atoms with Gasteiger partial charge in [0.2, 0.25) is 5.82 Å². The Morgan fingerprint density at radius 1 is 1.47 bits per heavy atom. The van der Waals surface area contributed by atoms with E-state index < -0.39 is 4.92 Å². The predicted molar refractivity (Wildman–Crippen MR) is 68.8 cm³/mol. The SMILES string of the molecule is Cc1ccnc(NCCCc2ncn[nH]2)c1[N+](=O)[O-]. The first kappa shape index (κ1) is 12.9. The second-order valence-corrected chi connectivity index (χ2v) is 4.04. The Hall–Kier alpha value is -2.51. The number of rotatable bonds is 6. The maximum absolute atomic E-state index is 11.0. The van der Waals surface area contributed by atoms with Gasteiger partial charge in [-0.05, 0) is 19.4 Å². The van der Waals surface area contributed by atoms with E-state index in [0.29, 0.717) is 17.9 Å². The van der Waals surface area contributed by atoms with E-state index in [-0.39, 0.29) is 5.69 Å². The van der Waals surface area contributed by atoms with E-state index in [4.69, 9.17) is 0 Å². The molecule has 0 fully saturated rings. The average Bonchev–Trinajstić information content (AvgIpc) is 2.87. The van der Waals surface area contributed by atoms with E-state index in [9.17, 15) is 10.1 Å². The number of nitro groups is 1. The molecule has 0 aliphatic rings. The number of nitrogens with one attached hydrogen (secondary N) is 2. The third-order valence-electron chi connectivity index (χ3n) is 2.66. The van der Waals surface area contributed by atoms with E-state index in [2.05, 4.69) is 25.5 Å². The van der Waals surface area contributed by atoms with E-state index in [1.807, 2.05) is 0 Å². The summed E-state index contributed by atoms with van der Waals surface area (Å²) in [5, 5.41) is 20.5. The number of pyridine rings is 1. The molecule has 19 heavy (non-hydrogen) atoms. The third-order valence-corrected chi connectivity index (χ3v) is 2.66. The minimum atomic E-state index is -0.416. The lowest BCUT2D eigenvalue weighted by Gasteiger charge is -2.06. The Kier molecular flexibility index (Phi) is 4.01. The number of aromatic nitrogens is 4. The van der Waals surface area contributed by atoms with Gasteiger partial charge in [-0.3, -0.25) is 15.2 Å². The second kappa shape index (κ2) is 5.89. The zero-order chi connectivity index (χ0) is 13.7. The molecule has 100 valence electrons. The number of anilines is 1. The molecule has 8 heteroatoms. The second-order valence-electron chi connectivity index (χ2n) is 4.04. The number of nitrogens with zero attached hydrogens (tertiary/aromatic N) is 4. The van der Waals surface area contributed by atoms with Gasteiger partial charge >= 0.3 is 5.69 Å². The molecule has 0 radical (unpaired) electrons. The number of aryl methyl sites for hydroxylation is 2. The van der Waals surface area contributed by atoms with Crippen molar-refractivity contribution >= 4 is 11.5 Å². The van der Waals surface area contributed by atoms with Gasteiger partial charge in [0.15, 0.2) is 0 Å². The van der Waals surface area contributed by atoms with Crippen molar-refractivity contribution < 1.29 is 4.92 Å². The van der Waals surface area contributed by atoms with Crippen molar-refractivity contribution in [3.05, 3.63) is 40.1 Å². The lowest BCUT2D eigenvalue weighted by Crippen LogP contribution is -2.08. The molecule has 2 rings (SSSR count). The van der Waals surface area contributed by atoms with Gasteiger partial charge in [0, 0.05) is 24.7 Å². The highest BCUT2D eigenvalue weighted by Gasteiger charge is 2.17. The van der Waals surface area contributed by atoms with Crippen molar-refractivity contribution in [1.29, 1.82) is 0 Å². The molecule has 2 aromatic heterocycles. The molecule has 0 aliphatic carbocycles. The summed E-state index contributed by atoms with van der Waals surface area (Å²) in [5.41, 5.74) is 0.625. The first-order valence-corrected chi connectivity index (χ1v) is 5.86. The van der Waals surface area contributed by atoms with Gasteiger partial charge in [-0.2, -0.15) is 5.10 Å². The summed E-state index contributed by atoms with van der Waals surface area (Å²) < 4.78 is 0. The predicted octanol–water partition coefficient (Wildman–Crippen LogP) is 1.46. The maximum Gasteiger partial charge on any atom is 0.314 e. The summed E-state index contributed by atoms with van der Waals surface area (Å²) in [6.45, 7) is 2.28. The number of hydrogen-bond acceptors (Lipinski definition) is 6. The molecule has 2 heterocycles. The van der Waals surface area contributed by atoms with Crippen molar-refractivity contribution in [3.63, 3.8) is 0 Å². The summed E-state index contributed by atoms with van der Waals surface area (Å²) in [4.78, 5) is 18.6. The molecule has 0 atom stereocenters. The molecule has 0 unspecified atom stereocenters. The van der Waals surface area contributed by atoms with Gasteiger partial charge in [0.25, 0.3) is 0 Å². The minimum absolute atomic E-state index is 0.0298. The summed E-state index contributed by atoms with van der Waals surface area (Å²) >= 11 is 0. The largest absolute Gasteiger partial charge is 0.364 e. The van der Waals surface area contributed by atoms with Crippen LogP contribution in [0, 0.1) is 17.0 Å². The maximum atomic E-state index is 11.0. The molecule has 0 aliphatic heterocycles. The Morgan fingerprint density at radius 2 is 2.32 bits per heavy atom. The van der Waals surface area contributed by atoms with Crippen molar-refractivity contribution in [2.75, 3.05) is 11.9 Å². The lowest BCUT2D eigenvalue weighted by molar-refractivity contribution is -0.384. The van der Waals surface area contributed by atoms with Crippen LogP contribution in [0.3, 0.4) is 0 Å². The van der Waals surface area contributed by atoms with E-state index in [1.54, 1.807) is 19.2 Å². The van der Waals surface area contributed by atoms with Crippen molar-refractivity contribution in [3.8, 4) is 0 Å². The molecule has 2 aromatic rings. The fourth-order valence-corrected chi connectivity index (χ4v) is 1.72. The van der Waals surface area contributed by atoms with Gasteiger partial charge in [0.05, 0.1) is 4.92 Å². The molecule has 2 N–H and O–H groups in total.